The number of carbonyl (C=O) groups is 1. The topological polar surface area (TPSA) is 52.6 Å². The molecule has 7 heteroatoms. The van der Waals surface area contributed by atoms with E-state index >= 15 is 0 Å². The van der Waals surface area contributed by atoms with Gasteiger partial charge in [-0.15, -0.1) is 0 Å². The van der Waals surface area contributed by atoms with Crippen molar-refractivity contribution in [1.29, 1.82) is 0 Å². The van der Waals surface area contributed by atoms with Gasteiger partial charge >= 0.3 is 0 Å². The van der Waals surface area contributed by atoms with Gasteiger partial charge in [0, 0.05) is 23.7 Å². The molecular weight excluding hydrogens is 298 g/mol. The quantitative estimate of drug-likeness (QED) is 0.791. The van der Waals surface area contributed by atoms with Crippen LogP contribution >= 0.6 is 11.8 Å². The summed E-state index contributed by atoms with van der Waals surface area (Å²) in [6.07, 6.45) is 0.906. The molecule has 1 amide bonds. The van der Waals surface area contributed by atoms with Crippen LogP contribution in [-0.2, 0) is 4.79 Å². The Morgan fingerprint density at radius 3 is 2.71 bits per heavy atom. The first-order chi connectivity index (χ1) is 10.1. The van der Waals surface area contributed by atoms with Crippen LogP contribution in [0, 0.1) is 5.92 Å². The highest BCUT2D eigenvalue weighted by molar-refractivity contribution is 7.99. The van der Waals surface area contributed by atoms with Gasteiger partial charge in [-0.1, -0.05) is 11.8 Å². The van der Waals surface area contributed by atoms with Gasteiger partial charge in [0.2, 0.25) is 5.91 Å². The lowest BCUT2D eigenvalue weighted by atomic mass is 10.1. The standard InChI is InChI=1S/C14H18F2N2O2S/c15-14(16)21-12-3-1-11(2-4-12)17-13(20)8-18-6-5-10(7-18)9-19/h1-4,10,14,19H,5-9H2,(H,17,20). The zero-order chi connectivity index (χ0) is 15.2. The number of aliphatic hydroxyl groups excluding tert-OH is 1. The van der Waals surface area contributed by atoms with E-state index in [0.29, 0.717) is 22.3 Å². The molecule has 1 aromatic rings. The second-order valence-electron chi connectivity index (χ2n) is 5.02. The lowest BCUT2D eigenvalue weighted by molar-refractivity contribution is -0.117. The number of anilines is 1. The molecule has 0 aromatic heterocycles. The first kappa shape index (κ1) is 16.2. The molecular formula is C14H18F2N2O2S. The van der Waals surface area contributed by atoms with Crippen LogP contribution in [0.2, 0.25) is 0 Å². The molecule has 0 saturated carbocycles. The monoisotopic (exact) mass is 316 g/mol. The molecule has 1 aliphatic rings. The fourth-order valence-corrected chi connectivity index (χ4v) is 2.83. The highest BCUT2D eigenvalue weighted by atomic mass is 32.2. The van der Waals surface area contributed by atoms with Crippen molar-refractivity contribution in [2.24, 2.45) is 5.92 Å². The van der Waals surface area contributed by atoms with Gasteiger partial charge in [-0.25, -0.2) is 0 Å². The summed E-state index contributed by atoms with van der Waals surface area (Å²) in [5, 5.41) is 11.8. The average molecular weight is 316 g/mol. The van der Waals surface area contributed by atoms with Crippen LogP contribution in [-0.4, -0.2) is 47.9 Å². The summed E-state index contributed by atoms with van der Waals surface area (Å²) in [4.78, 5) is 14.3. The van der Waals surface area contributed by atoms with Crippen molar-refractivity contribution in [2.75, 3.05) is 31.6 Å². The lowest BCUT2D eigenvalue weighted by Crippen LogP contribution is -2.31. The molecule has 21 heavy (non-hydrogen) atoms. The SMILES string of the molecule is O=C(CN1CCC(CO)C1)Nc1ccc(SC(F)F)cc1. The van der Waals surface area contributed by atoms with Crippen molar-refractivity contribution in [3.63, 3.8) is 0 Å². The van der Waals surface area contributed by atoms with Crippen LogP contribution in [0.15, 0.2) is 29.2 Å². The Hall–Kier alpha value is -1.18. The fourth-order valence-electron chi connectivity index (χ4n) is 2.33. The largest absolute Gasteiger partial charge is 0.396 e. The number of benzene rings is 1. The van der Waals surface area contributed by atoms with E-state index in [0.717, 1.165) is 19.5 Å². The minimum atomic E-state index is -2.44. The number of rotatable bonds is 6. The van der Waals surface area contributed by atoms with Crippen molar-refractivity contribution >= 4 is 23.4 Å². The number of hydrogen-bond acceptors (Lipinski definition) is 4. The normalized spacial score (nSPS) is 19.1. The van der Waals surface area contributed by atoms with Gasteiger partial charge in [-0.2, -0.15) is 8.78 Å². The van der Waals surface area contributed by atoms with Gasteiger partial charge in [0.25, 0.3) is 5.76 Å². The molecule has 1 aliphatic heterocycles. The van der Waals surface area contributed by atoms with Crippen LogP contribution in [0.3, 0.4) is 0 Å². The first-order valence-electron chi connectivity index (χ1n) is 6.74. The number of nitrogens with one attached hydrogen (secondary N) is 1. The summed E-state index contributed by atoms with van der Waals surface area (Å²) in [5.41, 5.74) is 0.594. The smallest absolute Gasteiger partial charge is 0.288 e. The molecule has 2 rings (SSSR count). The second-order valence-corrected chi connectivity index (χ2v) is 6.09. The van der Waals surface area contributed by atoms with Crippen molar-refractivity contribution in [3.8, 4) is 0 Å². The molecule has 2 N–H and O–H groups in total. The van der Waals surface area contributed by atoms with E-state index in [1.165, 1.54) is 0 Å². The molecule has 1 aromatic carbocycles. The summed E-state index contributed by atoms with van der Waals surface area (Å²) in [7, 11) is 0. The molecule has 116 valence electrons. The Labute approximate surface area is 126 Å². The summed E-state index contributed by atoms with van der Waals surface area (Å²) in [6.45, 7) is 1.97. The van der Waals surface area contributed by atoms with Crippen LogP contribution in [0.1, 0.15) is 6.42 Å². The van der Waals surface area contributed by atoms with Gasteiger partial charge in [0.15, 0.2) is 0 Å². The Morgan fingerprint density at radius 2 is 2.14 bits per heavy atom. The fraction of sp³-hybridized carbons (Fsp3) is 0.500. The van der Waals surface area contributed by atoms with Crippen molar-refractivity contribution in [3.05, 3.63) is 24.3 Å². The van der Waals surface area contributed by atoms with Gasteiger partial charge < -0.3 is 10.4 Å². The van der Waals surface area contributed by atoms with E-state index < -0.39 is 5.76 Å². The van der Waals surface area contributed by atoms with Gasteiger partial charge in [0.05, 0.1) is 6.54 Å². The number of likely N-dealkylation sites (tertiary alicyclic amines) is 1. The van der Waals surface area contributed by atoms with E-state index in [-0.39, 0.29) is 25.0 Å². The van der Waals surface area contributed by atoms with E-state index in [1.54, 1.807) is 24.3 Å². The minimum Gasteiger partial charge on any atom is -0.396 e. The number of hydrogen-bond donors (Lipinski definition) is 2. The lowest BCUT2D eigenvalue weighted by Gasteiger charge is -2.15. The molecule has 0 spiro atoms. The Morgan fingerprint density at radius 1 is 1.43 bits per heavy atom. The molecule has 0 radical (unpaired) electrons. The maximum absolute atomic E-state index is 12.2. The van der Waals surface area contributed by atoms with E-state index in [9.17, 15) is 13.6 Å². The summed E-state index contributed by atoms with van der Waals surface area (Å²) in [5.74, 6) is -2.33. The molecule has 1 fully saturated rings. The highest BCUT2D eigenvalue weighted by Gasteiger charge is 2.23. The Balaban J connectivity index is 1.80. The molecule has 0 bridgehead atoms. The van der Waals surface area contributed by atoms with Gasteiger partial charge in [-0.3, -0.25) is 9.69 Å². The van der Waals surface area contributed by atoms with E-state index in [2.05, 4.69) is 5.32 Å². The molecule has 1 saturated heterocycles. The number of amides is 1. The third-order valence-electron chi connectivity index (χ3n) is 3.36. The summed E-state index contributed by atoms with van der Waals surface area (Å²) >= 11 is 0.477. The number of carbonyl (C=O) groups excluding carboxylic acids is 1. The summed E-state index contributed by atoms with van der Waals surface area (Å²) < 4.78 is 24.4. The molecule has 1 heterocycles. The zero-order valence-electron chi connectivity index (χ0n) is 11.5. The third-order valence-corrected chi connectivity index (χ3v) is 4.08. The minimum absolute atomic E-state index is 0.136. The van der Waals surface area contributed by atoms with Crippen molar-refractivity contribution < 1.29 is 18.7 Å². The molecule has 1 atom stereocenters. The maximum atomic E-state index is 12.2. The van der Waals surface area contributed by atoms with Crippen molar-refractivity contribution in [2.45, 2.75) is 17.1 Å². The molecule has 0 aliphatic carbocycles. The van der Waals surface area contributed by atoms with Gasteiger partial charge in [-0.05, 0) is 43.1 Å². The predicted octanol–water partition coefficient (Wildman–Crippen LogP) is 2.25. The van der Waals surface area contributed by atoms with E-state index in [4.69, 9.17) is 5.11 Å². The predicted molar refractivity (Wildman–Crippen MR) is 78.6 cm³/mol. The highest BCUT2D eigenvalue weighted by Crippen LogP contribution is 2.26. The van der Waals surface area contributed by atoms with E-state index in [1.807, 2.05) is 4.90 Å². The molecule has 4 nitrogen and oxygen atoms in total. The number of alkyl halides is 2. The third kappa shape index (κ3) is 5.26. The Kier molecular flexibility index (Phi) is 5.96. The number of halogens is 2. The zero-order valence-corrected chi connectivity index (χ0v) is 12.3. The van der Waals surface area contributed by atoms with Gasteiger partial charge in [0.1, 0.15) is 0 Å². The van der Waals surface area contributed by atoms with Crippen LogP contribution in [0.4, 0.5) is 14.5 Å². The number of aliphatic hydroxyl groups is 1. The van der Waals surface area contributed by atoms with Crippen LogP contribution in [0.25, 0.3) is 0 Å². The molecule has 1 unspecified atom stereocenters. The van der Waals surface area contributed by atoms with Crippen LogP contribution in [0.5, 0.6) is 0 Å². The Bertz CT molecular complexity index is 471. The number of nitrogens with zero attached hydrogens (tertiary/aromatic N) is 1. The maximum Gasteiger partial charge on any atom is 0.288 e. The average Bonchev–Trinajstić information content (AvgIpc) is 2.88. The second kappa shape index (κ2) is 7.72. The number of thioether (sulfide) groups is 1. The van der Waals surface area contributed by atoms with Crippen LogP contribution < -0.4 is 5.32 Å². The van der Waals surface area contributed by atoms with Crippen molar-refractivity contribution in [1.82, 2.24) is 4.90 Å². The summed E-state index contributed by atoms with van der Waals surface area (Å²) in [6, 6.07) is 6.35. The first-order valence-corrected chi connectivity index (χ1v) is 7.62.